The summed E-state index contributed by atoms with van der Waals surface area (Å²) in [5, 5.41) is 0.919. The highest BCUT2D eigenvalue weighted by atomic mass is 16.6. The standard InChI is InChI=1S/C18H24N2O3/c1-18(2,3)23-17(22)20-11-14(8-9-19(4)5)15-10-13(12-21)6-7-16(15)20/h6-7,10-12H,8-9H2,1-5H3. The Balaban J connectivity index is 2.48. The molecular weight excluding hydrogens is 292 g/mol. The fourth-order valence-corrected chi connectivity index (χ4v) is 2.39. The Morgan fingerprint density at radius 3 is 2.57 bits per heavy atom. The van der Waals surface area contributed by atoms with Crippen LogP contribution in [0.2, 0.25) is 0 Å². The number of nitrogens with zero attached hydrogens (tertiary/aromatic N) is 2. The van der Waals surface area contributed by atoms with E-state index in [1.165, 1.54) is 4.57 Å². The van der Waals surface area contributed by atoms with Crippen molar-refractivity contribution in [2.45, 2.75) is 32.8 Å². The molecule has 0 radical (unpaired) electrons. The number of carbonyl (C=O) groups is 2. The summed E-state index contributed by atoms with van der Waals surface area (Å²) in [6, 6.07) is 5.34. The van der Waals surface area contributed by atoms with Gasteiger partial charge in [0.15, 0.2) is 0 Å². The third kappa shape index (κ3) is 4.20. The molecule has 23 heavy (non-hydrogen) atoms. The van der Waals surface area contributed by atoms with Gasteiger partial charge in [0, 0.05) is 23.7 Å². The monoisotopic (exact) mass is 316 g/mol. The number of benzene rings is 1. The lowest BCUT2D eigenvalue weighted by Gasteiger charge is -2.19. The van der Waals surface area contributed by atoms with Crippen LogP contribution < -0.4 is 0 Å². The molecule has 0 spiro atoms. The number of aldehydes is 1. The zero-order valence-corrected chi connectivity index (χ0v) is 14.4. The molecule has 124 valence electrons. The zero-order valence-electron chi connectivity index (χ0n) is 14.4. The smallest absolute Gasteiger partial charge is 0.419 e. The first-order valence-electron chi connectivity index (χ1n) is 7.68. The van der Waals surface area contributed by atoms with Crippen molar-refractivity contribution in [1.82, 2.24) is 9.47 Å². The maximum atomic E-state index is 12.4. The molecule has 0 atom stereocenters. The van der Waals surface area contributed by atoms with Gasteiger partial charge in [-0.2, -0.15) is 0 Å². The Kier molecular flexibility index (Phi) is 4.90. The molecule has 5 heteroatoms. The molecule has 0 bridgehead atoms. The van der Waals surface area contributed by atoms with E-state index in [4.69, 9.17) is 4.74 Å². The summed E-state index contributed by atoms with van der Waals surface area (Å²) in [6.45, 7) is 6.38. The molecular formula is C18H24N2O3. The van der Waals surface area contributed by atoms with Crippen LogP contribution in [0.4, 0.5) is 4.79 Å². The predicted octanol–water partition coefficient (Wildman–Crippen LogP) is 3.34. The molecule has 1 heterocycles. The van der Waals surface area contributed by atoms with E-state index in [0.717, 1.165) is 35.7 Å². The van der Waals surface area contributed by atoms with Crippen LogP contribution in [-0.2, 0) is 11.2 Å². The average molecular weight is 316 g/mol. The van der Waals surface area contributed by atoms with Crippen molar-refractivity contribution in [1.29, 1.82) is 0 Å². The maximum absolute atomic E-state index is 12.4. The Morgan fingerprint density at radius 1 is 1.30 bits per heavy atom. The molecule has 1 aromatic carbocycles. The lowest BCUT2D eigenvalue weighted by atomic mass is 10.1. The molecule has 0 aliphatic rings. The van der Waals surface area contributed by atoms with Gasteiger partial charge in [-0.05, 0) is 65.0 Å². The van der Waals surface area contributed by atoms with Crippen molar-refractivity contribution in [3.8, 4) is 0 Å². The zero-order chi connectivity index (χ0) is 17.2. The van der Waals surface area contributed by atoms with Crippen molar-refractivity contribution >= 4 is 23.3 Å². The van der Waals surface area contributed by atoms with Gasteiger partial charge in [0.25, 0.3) is 0 Å². The second-order valence-corrected chi connectivity index (χ2v) is 6.95. The molecule has 1 aromatic heterocycles. The summed E-state index contributed by atoms with van der Waals surface area (Å²) in [5.41, 5.74) is 1.84. The minimum Gasteiger partial charge on any atom is -0.443 e. The average Bonchev–Trinajstić information content (AvgIpc) is 2.81. The fraction of sp³-hybridized carbons (Fsp3) is 0.444. The van der Waals surface area contributed by atoms with E-state index in [1.54, 1.807) is 12.1 Å². The maximum Gasteiger partial charge on any atom is 0.419 e. The molecule has 0 fully saturated rings. The summed E-state index contributed by atoms with van der Waals surface area (Å²) in [7, 11) is 4.01. The molecule has 5 nitrogen and oxygen atoms in total. The first-order chi connectivity index (χ1) is 10.7. The van der Waals surface area contributed by atoms with E-state index in [0.29, 0.717) is 5.56 Å². The summed E-state index contributed by atoms with van der Waals surface area (Å²) >= 11 is 0. The number of likely N-dealkylation sites (N-methyl/N-ethyl adjacent to an activating group) is 1. The van der Waals surface area contributed by atoms with E-state index < -0.39 is 11.7 Å². The number of hydrogen-bond acceptors (Lipinski definition) is 4. The van der Waals surface area contributed by atoms with Crippen molar-refractivity contribution < 1.29 is 14.3 Å². The molecule has 2 aromatic rings. The minimum absolute atomic E-state index is 0.405. The quantitative estimate of drug-likeness (QED) is 0.812. The highest BCUT2D eigenvalue weighted by Crippen LogP contribution is 2.24. The van der Waals surface area contributed by atoms with Crippen LogP contribution >= 0.6 is 0 Å². The SMILES string of the molecule is CN(C)CCc1cn(C(=O)OC(C)(C)C)c2ccc(C=O)cc12. The largest absolute Gasteiger partial charge is 0.443 e. The summed E-state index contributed by atoms with van der Waals surface area (Å²) < 4.78 is 7.00. The van der Waals surface area contributed by atoms with Crippen LogP contribution in [0.1, 0.15) is 36.7 Å². The molecule has 2 rings (SSSR count). The highest BCUT2D eigenvalue weighted by Gasteiger charge is 2.20. The van der Waals surface area contributed by atoms with Crippen molar-refractivity contribution in [3.05, 3.63) is 35.5 Å². The Labute approximate surface area is 136 Å². The van der Waals surface area contributed by atoms with Gasteiger partial charge in [-0.3, -0.25) is 9.36 Å². The molecule has 0 aliphatic heterocycles. The van der Waals surface area contributed by atoms with Crippen LogP contribution in [0.25, 0.3) is 10.9 Å². The second kappa shape index (κ2) is 6.54. The lowest BCUT2D eigenvalue weighted by Crippen LogP contribution is -2.26. The first kappa shape index (κ1) is 17.2. The van der Waals surface area contributed by atoms with Gasteiger partial charge < -0.3 is 9.64 Å². The number of ether oxygens (including phenoxy) is 1. The van der Waals surface area contributed by atoms with E-state index in [9.17, 15) is 9.59 Å². The van der Waals surface area contributed by atoms with Crippen LogP contribution in [0.15, 0.2) is 24.4 Å². The van der Waals surface area contributed by atoms with Gasteiger partial charge in [-0.15, -0.1) is 0 Å². The molecule has 0 N–H and O–H groups in total. The van der Waals surface area contributed by atoms with Gasteiger partial charge in [0.1, 0.15) is 11.9 Å². The third-order valence-corrected chi connectivity index (χ3v) is 3.47. The van der Waals surface area contributed by atoms with Crippen LogP contribution in [-0.4, -0.2) is 48.1 Å². The minimum atomic E-state index is -0.555. The summed E-state index contributed by atoms with van der Waals surface area (Å²) in [4.78, 5) is 25.6. The molecule has 0 saturated heterocycles. The van der Waals surface area contributed by atoms with E-state index in [2.05, 4.69) is 4.90 Å². The lowest BCUT2D eigenvalue weighted by molar-refractivity contribution is 0.0544. The molecule has 0 saturated carbocycles. The number of hydrogen-bond donors (Lipinski definition) is 0. The molecule has 0 unspecified atom stereocenters. The van der Waals surface area contributed by atoms with Gasteiger partial charge in [-0.25, -0.2) is 4.79 Å². The van der Waals surface area contributed by atoms with E-state index >= 15 is 0 Å². The van der Waals surface area contributed by atoms with Crippen LogP contribution in [0.5, 0.6) is 0 Å². The first-order valence-corrected chi connectivity index (χ1v) is 7.68. The normalized spacial score (nSPS) is 11.9. The van der Waals surface area contributed by atoms with Crippen LogP contribution in [0, 0.1) is 0 Å². The van der Waals surface area contributed by atoms with E-state index in [1.807, 2.05) is 47.1 Å². The van der Waals surface area contributed by atoms with Gasteiger partial charge >= 0.3 is 6.09 Å². The van der Waals surface area contributed by atoms with Gasteiger partial charge in [0.05, 0.1) is 5.52 Å². The van der Waals surface area contributed by atoms with Gasteiger partial charge in [-0.1, -0.05) is 0 Å². The number of fused-ring (bicyclic) bond motifs is 1. The summed E-state index contributed by atoms with van der Waals surface area (Å²) in [6.07, 6.45) is 3.02. The van der Waals surface area contributed by atoms with Crippen molar-refractivity contribution in [2.75, 3.05) is 20.6 Å². The number of rotatable bonds is 4. The summed E-state index contributed by atoms with van der Waals surface area (Å²) in [5.74, 6) is 0. The Morgan fingerprint density at radius 2 is 2.00 bits per heavy atom. The Bertz CT molecular complexity index is 724. The Hall–Kier alpha value is -2.14. The highest BCUT2D eigenvalue weighted by molar-refractivity contribution is 5.95. The van der Waals surface area contributed by atoms with E-state index in [-0.39, 0.29) is 0 Å². The molecule has 0 amide bonds. The second-order valence-electron chi connectivity index (χ2n) is 6.95. The third-order valence-electron chi connectivity index (χ3n) is 3.47. The number of carbonyl (C=O) groups excluding carboxylic acids is 2. The predicted molar refractivity (Wildman–Crippen MR) is 91.2 cm³/mol. The number of aromatic nitrogens is 1. The topological polar surface area (TPSA) is 51.5 Å². The van der Waals surface area contributed by atoms with Gasteiger partial charge in [0.2, 0.25) is 0 Å². The van der Waals surface area contributed by atoms with Crippen molar-refractivity contribution in [2.24, 2.45) is 0 Å². The fourth-order valence-electron chi connectivity index (χ4n) is 2.39. The van der Waals surface area contributed by atoms with Crippen molar-refractivity contribution in [3.63, 3.8) is 0 Å². The molecule has 0 aliphatic carbocycles. The van der Waals surface area contributed by atoms with Crippen LogP contribution in [0.3, 0.4) is 0 Å².